The molecule has 2 heterocycles. The second kappa shape index (κ2) is 7.35. The van der Waals surface area contributed by atoms with Gasteiger partial charge >= 0.3 is 0 Å². The van der Waals surface area contributed by atoms with E-state index in [1.807, 2.05) is 57.2 Å². The van der Waals surface area contributed by atoms with E-state index in [2.05, 4.69) is 4.98 Å². The van der Waals surface area contributed by atoms with Crippen LogP contribution in [0.15, 0.2) is 59.0 Å². The number of aromatic amines is 1. The number of aryl methyl sites for hydroxylation is 1. The maximum absolute atomic E-state index is 13.5. The fourth-order valence-corrected chi connectivity index (χ4v) is 5.55. The highest BCUT2D eigenvalue weighted by Gasteiger charge is 2.37. The molecule has 0 radical (unpaired) electrons. The van der Waals surface area contributed by atoms with Gasteiger partial charge in [0.2, 0.25) is 10.0 Å². The lowest BCUT2D eigenvalue weighted by Crippen LogP contribution is -2.39. The monoisotopic (exact) mass is 410 g/mol. The van der Waals surface area contributed by atoms with Gasteiger partial charge < -0.3 is 9.72 Å². The number of rotatable bonds is 4. The van der Waals surface area contributed by atoms with Gasteiger partial charge in [-0.1, -0.05) is 29.3 Å². The van der Waals surface area contributed by atoms with Crippen LogP contribution in [0.3, 0.4) is 0 Å². The molecule has 5 nitrogen and oxygen atoms in total. The molecule has 29 heavy (non-hydrogen) atoms. The molecule has 2 aromatic carbocycles. The Kier molecular flexibility index (Phi) is 5.00. The third-order valence-corrected chi connectivity index (χ3v) is 7.35. The molecule has 3 aromatic rings. The minimum atomic E-state index is -3.62. The van der Waals surface area contributed by atoms with Crippen molar-refractivity contribution in [2.24, 2.45) is 0 Å². The summed E-state index contributed by atoms with van der Waals surface area (Å²) in [5, 5.41) is 1.10. The maximum atomic E-state index is 13.5. The molecule has 0 saturated heterocycles. The number of benzene rings is 2. The van der Waals surface area contributed by atoms with Crippen molar-refractivity contribution in [3.05, 3.63) is 70.9 Å². The Balaban J connectivity index is 1.86. The summed E-state index contributed by atoms with van der Waals surface area (Å²) in [4.78, 5) is 3.81. The first-order valence-corrected chi connectivity index (χ1v) is 11.2. The van der Waals surface area contributed by atoms with E-state index in [0.29, 0.717) is 17.9 Å². The third-order valence-electron chi connectivity index (χ3n) is 5.45. The van der Waals surface area contributed by atoms with Crippen molar-refractivity contribution in [1.82, 2.24) is 9.29 Å². The summed E-state index contributed by atoms with van der Waals surface area (Å²) in [7, 11) is -1.97. The highest BCUT2D eigenvalue weighted by atomic mass is 32.2. The zero-order chi connectivity index (χ0) is 20.8. The van der Waals surface area contributed by atoms with Crippen LogP contribution >= 0.6 is 0 Å². The number of methoxy groups -OCH3 is 1. The lowest BCUT2D eigenvalue weighted by Gasteiger charge is -2.33. The first kappa shape index (κ1) is 19.7. The number of ether oxygens (including phenoxy) is 1. The molecule has 6 heteroatoms. The van der Waals surface area contributed by atoms with Gasteiger partial charge in [0.05, 0.1) is 18.0 Å². The van der Waals surface area contributed by atoms with Crippen LogP contribution in [0, 0.1) is 6.92 Å². The number of H-pyrrole nitrogens is 1. The normalized spacial score (nSPS) is 17.2. The molecule has 1 aliphatic rings. The maximum Gasteiger partial charge on any atom is 0.243 e. The molecule has 0 fully saturated rings. The average molecular weight is 411 g/mol. The van der Waals surface area contributed by atoms with Gasteiger partial charge in [-0.15, -0.1) is 0 Å². The van der Waals surface area contributed by atoms with E-state index in [0.717, 1.165) is 39.0 Å². The quantitative estimate of drug-likeness (QED) is 0.632. The Morgan fingerprint density at radius 3 is 2.55 bits per heavy atom. The number of fused-ring (bicyclic) bond motifs is 3. The average Bonchev–Trinajstić information content (AvgIpc) is 3.06. The Hall–Kier alpha value is -2.57. The van der Waals surface area contributed by atoms with Crippen molar-refractivity contribution >= 4 is 20.9 Å². The second-order valence-electron chi connectivity index (χ2n) is 7.80. The highest BCUT2D eigenvalue weighted by molar-refractivity contribution is 7.89. The number of nitrogens with one attached hydrogen (secondary N) is 1. The van der Waals surface area contributed by atoms with Gasteiger partial charge in [0.25, 0.3) is 0 Å². The van der Waals surface area contributed by atoms with E-state index < -0.39 is 10.0 Å². The fourth-order valence-electron chi connectivity index (χ4n) is 4.00. The van der Waals surface area contributed by atoms with Crippen molar-refractivity contribution in [3.8, 4) is 5.75 Å². The molecule has 1 N–H and O–H groups in total. The molecule has 4 rings (SSSR count). The summed E-state index contributed by atoms with van der Waals surface area (Å²) < 4.78 is 34.0. The van der Waals surface area contributed by atoms with Crippen LogP contribution in [0.1, 0.15) is 36.7 Å². The first-order valence-electron chi connectivity index (χ1n) is 9.73. The Morgan fingerprint density at radius 2 is 1.90 bits per heavy atom. The van der Waals surface area contributed by atoms with E-state index >= 15 is 0 Å². The van der Waals surface area contributed by atoms with E-state index in [1.54, 1.807) is 23.5 Å². The van der Waals surface area contributed by atoms with Gasteiger partial charge in [0.15, 0.2) is 0 Å². The van der Waals surface area contributed by atoms with Gasteiger partial charge in [-0.25, -0.2) is 8.42 Å². The summed E-state index contributed by atoms with van der Waals surface area (Å²) in [5.74, 6) is 0.799. The predicted octanol–water partition coefficient (Wildman–Crippen LogP) is 4.74. The number of aromatic nitrogens is 1. The third kappa shape index (κ3) is 3.47. The number of hydrogen-bond acceptors (Lipinski definition) is 3. The molecule has 0 bridgehead atoms. The molecule has 0 aliphatic carbocycles. The molecule has 1 aliphatic heterocycles. The van der Waals surface area contributed by atoms with E-state index in [9.17, 15) is 8.42 Å². The number of nitrogens with zero attached hydrogens (tertiary/aromatic N) is 1. The van der Waals surface area contributed by atoms with Crippen molar-refractivity contribution in [2.45, 2.75) is 38.1 Å². The van der Waals surface area contributed by atoms with Gasteiger partial charge in [-0.05, 0) is 63.1 Å². The number of sulfonamides is 1. The van der Waals surface area contributed by atoms with Crippen LogP contribution < -0.4 is 4.74 Å². The summed E-state index contributed by atoms with van der Waals surface area (Å²) in [6, 6.07) is 12.6. The van der Waals surface area contributed by atoms with Crippen LogP contribution in [-0.2, 0) is 16.4 Å². The molecule has 0 amide bonds. The summed E-state index contributed by atoms with van der Waals surface area (Å²) in [6.07, 6.45) is 2.68. The minimum absolute atomic E-state index is 0.330. The van der Waals surface area contributed by atoms with Crippen molar-refractivity contribution < 1.29 is 13.2 Å². The van der Waals surface area contributed by atoms with Gasteiger partial charge in [0, 0.05) is 23.1 Å². The standard InChI is InChI=1S/C23H26N2O3S/c1-15(2)13-22-23-19(20-14-17(28-4)7-10-21(20)24-23)11-12-25(22)29(26,27)18-8-5-16(3)6-9-18/h5-10,13-14,22,24H,11-12H2,1-4H3. The van der Waals surface area contributed by atoms with Crippen molar-refractivity contribution in [2.75, 3.05) is 13.7 Å². The highest BCUT2D eigenvalue weighted by Crippen LogP contribution is 2.39. The van der Waals surface area contributed by atoms with Crippen LogP contribution in [0.4, 0.5) is 0 Å². The number of allylic oxidation sites excluding steroid dienone is 1. The van der Waals surface area contributed by atoms with Gasteiger partial charge in [-0.3, -0.25) is 0 Å². The molecular weight excluding hydrogens is 384 g/mol. The largest absolute Gasteiger partial charge is 0.497 e. The van der Waals surface area contributed by atoms with Crippen molar-refractivity contribution in [3.63, 3.8) is 0 Å². The van der Waals surface area contributed by atoms with E-state index in [-0.39, 0.29) is 6.04 Å². The molecule has 0 spiro atoms. The molecule has 152 valence electrons. The summed E-state index contributed by atoms with van der Waals surface area (Å²) in [6.45, 7) is 6.38. The molecule has 1 atom stereocenters. The lowest BCUT2D eigenvalue weighted by molar-refractivity contribution is 0.347. The molecule has 1 aromatic heterocycles. The molecular formula is C23H26N2O3S. The Labute approximate surface area is 172 Å². The zero-order valence-corrected chi connectivity index (χ0v) is 18.0. The number of hydrogen-bond donors (Lipinski definition) is 1. The summed E-state index contributed by atoms with van der Waals surface area (Å²) in [5.41, 5.74) is 5.21. The van der Waals surface area contributed by atoms with E-state index in [4.69, 9.17) is 4.74 Å². The lowest BCUT2D eigenvalue weighted by atomic mass is 9.98. The van der Waals surface area contributed by atoms with Crippen LogP contribution in [0.25, 0.3) is 10.9 Å². The van der Waals surface area contributed by atoms with Crippen LogP contribution in [0.2, 0.25) is 0 Å². The fraction of sp³-hybridized carbons (Fsp3) is 0.304. The topological polar surface area (TPSA) is 62.4 Å². The SMILES string of the molecule is COc1ccc2[nH]c3c(c2c1)CCN(S(=O)(=O)c1ccc(C)cc1)C3C=C(C)C. The Bertz CT molecular complexity index is 1190. The van der Waals surface area contributed by atoms with Crippen molar-refractivity contribution in [1.29, 1.82) is 0 Å². The zero-order valence-electron chi connectivity index (χ0n) is 17.2. The van der Waals surface area contributed by atoms with E-state index in [1.165, 1.54) is 0 Å². The second-order valence-corrected chi connectivity index (χ2v) is 9.69. The van der Waals surface area contributed by atoms with Gasteiger partial charge in [-0.2, -0.15) is 4.31 Å². The first-order chi connectivity index (χ1) is 13.8. The Morgan fingerprint density at radius 1 is 1.17 bits per heavy atom. The minimum Gasteiger partial charge on any atom is -0.497 e. The molecule has 1 unspecified atom stereocenters. The van der Waals surface area contributed by atoms with Gasteiger partial charge in [0.1, 0.15) is 5.75 Å². The van der Waals surface area contributed by atoms with Crippen LogP contribution in [0.5, 0.6) is 5.75 Å². The molecule has 0 saturated carbocycles. The smallest absolute Gasteiger partial charge is 0.243 e. The summed E-state index contributed by atoms with van der Waals surface area (Å²) >= 11 is 0. The predicted molar refractivity (Wildman–Crippen MR) is 116 cm³/mol. The van der Waals surface area contributed by atoms with Crippen LogP contribution in [-0.4, -0.2) is 31.4 Å².